The van der Waals surface area contributed by atoms with Gasteiger partial charge >= 0.3 is 0 Å². The summed E-state index contributed by atoms with van der Waals surface area (Å²) in [4.78, 5) is 0. The molecular formula is C18H28ClNO. The van der Waals surface area contributed by atoms with Gasteiger partial charge in [0.05, 0.1) is 6.61 Å². The van der Waals surface area contributed by atoms with E-state index in [0.717, 1.165) is 43.0 Å². The summed E-state index contributed by atoms with van der Waals surface area (Å²) < 4.78 is 5.12. The van der Waals surface area contributed by atoms with Gasteiger partial charge in [0.25, 0.3) is 0 Å². The molecule has 1 aliphatic carbocycles. The van der Waals surface area contributed by atoms with E-state index in [-0.39, 0.29) is 0 Å². The van der Waals surface area contributed by atoms with Crippen molar-refractivity contribution in [3.8, 4) is 0 Å². The lowest BCUT2D eigenvalue weighted by Gasteiger charge is -2.31. The molecule has 0 bridgehead atoms. The molecule has 1 aromatic rings. The summed E-state index contributed by atoms with van der Waals surface area (Å²) in [7, 11) is 1.76. The van der Waals surface area contributed by atoms with Crippen molar-refractivity contribution in [2.24, 2.45) is 11.8 Å². The van der Waals surface area contributed by atoms with Crippen molar-refractivity contribution >= 4 is 11.6 Å². The van der Waals surface area contributed by atoms with Crippen LogP contribution in [-0.4, -0.2) is 26.8 Å². The van der Waals surface area contributed by atoms with Crippen LogP contribution < -0.4 is 5.32 Å². The van der Waals surface area contributed by atoms with Crippen LogP contribution in [0.3, 0.4) is 0 Å². The number of methoxy groups -OCH3 is 1. The third-order valence-electron chi connectivity index (χ3n) is 4.62. The molecule has 1 atom stereocenters. The molecule has 2 rings (SSSR count). The summed E-state index contributed by atoms with van der Waals surface area (Å²) in [5, 5.41) is 4.39. The van der Waals surface area contributed by atoms with Crippen molar-refractivity contribution in [1.29, 1.82) is 0 Å². The highest BCUT2D eigenvalue weighted by molar-refractivity contribution is 6.30. The van der Waals surface area contributed by atoms with Crippen LogP contribution in [0.15, 0.2) is 24.3 Å². The molecule has 3 heteroatoms. The Balaban J connectivity index is 1.91. The minimum Gasteiger partial charge on any atom is -0.383 e. The van der Waals surface area contributed by atoms with E-state index in [4.69, 9.17) is 16.3 Å². The highest BCUT2D eigenvalue weighted by Crippen LogP contribution is 2.31. The quantitative estimate of drug-likeness (QED) is 0.722. The van der Waals surface area contributed by atoms with Crippen molar-refractivity contribution in [3.63, 3.8) is 0 Å². The second-order valence-corrected chi connectivity index (χ2v) is 6.62. The molecule has 118 valence electrons. The van der Waals surface area contributed by atoms with Crippen LogP contribution in [0.1, 0.15) is 37.7 Å². The maximum Gasteiger partial charge on any atom is 0.0587 e. The molecule has 0 heterocycles. The van der Waals surface area contributed by atoms with Crippen LogP contribution >= 0.6 is 11.6 Å². The monoisotopic (exact) mass is 309 g/mol. The number of halogens is 1. The summed E-state index contributed by atoms with van der Waals surface area (Å²) in [6.45, 7) is 2.83. The van der Waals surface area contributed by atoms with Crippen molar-refractivity contribution in [2.45, 2.75) is 38.5 Å². The van der Waals surface area contributed by atoms with Gasteiger partial charge in [-0.1, -0.05) is 55.8 Å². The normalized spacial score (nSPS) is 17.8. The molecule has 21 heavy (non-hydrogen) atoms. The molecule has 1 aromatic carbocycles. The summed E-state index contributed by atoms with van der Waals surface area (Å²) in [5.74, 6) is 1.59. The third kappa shape index (κ3) is 5.98. The van der Waals surface area contributed by atoms with Crippen molar-refractivity contribution < 1.29 is 4.74 Å². The first-order valence-electron chi connectivity index (χ1n) is 8.23. The number of benzene rings is 1. The fraction of sp³-hybridized carbons (Fsp3) is 0.667. The molecule has 0 radical (unpaired) electrons. The Morgan fingerprint density at radius 1 is 1.19 bits per heavy atom. The molecule has 0 amide bonds. The molecule has 1 aliphatic rings. The van der Waals surface area contributed by atoms with Crippen LogP contribution in [-0.2, 0) is 11.2 Å². The molecule has 0 aromatic heterocycles. The lowest BCUT2D eigenvalue weighted by Crippen LogP contribution is -2.32. The van der Waals surface area contributed by atoms with Crippen LogP contribution in [0.2, 0.25) is 5.02 Å². The Morgan fingerprint density at radius 3 is 2.57 bits per heavy atom. The maximum atomic E-state index is 5.99. The predicted molar refractivity (Wildman–Crippen MR) is 90.0 cm³/mol. The van der Waals surface area contributed by atoms with Gasteiger partial charge in [-0.2, -0.15) is 0 Å². The number of nitrogens with one attached hydrogen (secondary N) is 1. The number of hydrogen-bond donors (Lipinski definition) is 1. The summed E-state index contributed by atoms with van der Waals surface area (Å²) in [5.41, 5.74) is 1.41. The van der Waals surface area contributed by atoms with E-state index in [9.17, 15) is 0 Å². The fourth-order valence-electron chi connectivity index (χ4n) is 3.40. The Hall–Kier alpha value is -0.570. The first-order valence-corrected chi connectivity index (χ1v) is 8.61. The highest BCUT2D eigenvalue weighted by atomic mass is 35.5. The van der Waals surface area contributed by atoms with E-state index in [1.54, 1.807) is 7.11 Å². The fourth-order valence-corrected chi connectivity index (χ4v) is 3.52. The smallest absolute Gasteiger partial charge is 0.0587 e. The van der Waals surface area contributed by atoms with Gasteiger partial charge in [-0.25, -0.2) is 0 Å². The second kappa shape index (κ2) is 9.45. The summed E-state index contributed by atoms with van der Waals surface area (Å²) >= 11 is 5.99. The number of ether oxygens (including phenoxy) is 1. The van der Waals surface area contributed by atoms with Gasteiger partial charge in [0.15, 0.2) is 0 Å². The molecule has 1 fully saturated rings. The Bertz CT molecular complexity index is 387. The SMILES string of the molecule is COCCNCC(Cc1ccc(Cl)cc1)C1CCCCC1. The standard InChI is InChI=1S/C18H28ClNO/c1-21-12-11-20-14-17(16-5-3-2-4-6-16)13-15-7-9-18(19)10-8-15/h7-10,16-17,20H,2-6,11-14H2,1H3. The minimum atomic E-state index is 0.725. The van der Waals surface area contributed by atoms with E-state index >= 15 is 0 Å². The van der Waals surface area contributed by atoms with Gasteiger partial charge in [-0.3, -0.25) is 0 Å². The van der Waals surface area contributed by atoms with Crippen molar-refractivity contribution in [3.05, 3.63) is 34.9 Å². The van der Waals surface area contributed by atoms with Crippen LogP contribution in [0.25, 0.3) is 0 Å². The van der Waals surface area contributed by atoms with Crippen LogP contribution in [0, 0.1) is 11.8 Å². The lowest BCUT2D eigenvalue weighted by atomic mass is 9.77. The highest BCUT2D eigenvalue weighted by Gasteiger charge is 2.23. The average molecular weight is 310 g/mol. The lowest BCUT2D eigenvalue weighted by molar-refractivity contribution is 0.190. The van der Waals surface area contributed by atoms with E-state index in [1.807, 2.05) is 12.1 Å². The van der Waals surface area contributed by atoms with E-state index in [1.165, 1.54) is 37.7 Å². The molecule has 2 nitrogen and oxygen atoms in total. The third-order valence-corrected chi connectivity index (χ3v) is 4.87. The van der Waals surface area contributed by atoms with E-state index in [0.29, 0.717) is 0 Å². The van der Waals surface area contributed by atoms with E-state index < -0.39 is 0 Å². The zero-order valence-electron chi connectivity index (χ0n) is 13.1. The van der Waals surface area contributed by atoms with Crippen LogP contribution in [0.5, 0.6) is 0 Å². The first-order chi connectivity index (χ1) is 10.3. The second-order valence-electron chi connectivity index (χ2n) is 6.19. The van der Waals surface area contributed by atoms with Crippen molar-refractivity contribution in [2.75, 3.05) is 26.8 Å². The summed E-state index contributed by atoms with van der Waals surface area (Å²) in [6.07, 6.45) is 8.16. The molecule has 0 spiro atoms. The van der Waals surface area contributed by atoms with Crippen molar-refractivity contribution in [1.82, 2.24) is 5.32 Å². The summed E-state index contributed by atoms with van der Waals surface area (Å²) in [6, 6.07) is 8.36. The Morgan fingerprint density at radius 2 is 1.90 bits per heavy atom. The van der Waals surface area contributed by atoms with Gasteiger partial charge in [0.2, 0.25) is 0 Å². The molecule has 1 unspecified atom stereocenters. The first kappa shape index (κ1) is 16.8. The Labute approximate surface area is 134 Å². The topological polar surface area (TPSA) is 21.3 Å². The average Bonchev–Trinajstić information content (AvgIpc) is 2.53. The van der Waals surface area contributed by atoms with Gasteiger partial charge in [0.1, 0.15) is 0 Å². The molecule has 1 N–H and O–H groups in total. The van der Waals surface area contributed by atoms with Crippen LogP contribution in [0.4, 0.5) is 0 Å². The van der Waals surface area contributed by atoms with Gasteiger partial charge in [-0.05, 0) is 42.5 Å². The molecule has 0 aliphatic heterocycles. The number of rotatable bonds is 8. The Kier molecular flexibility index (Phi) is 7.56. The number of hydrogen-bond acceptors (Lipinski definition) is 2. The minimum absolute atomic E-state index is 0.725. The van der Waals surface area contributed by atoms with Gasteiger partial charge in [-0.15, -0.1) is 0 Å². The van der Waals surface area contributed by atoms with Gasteiger partial charge < -0.3 is 10.1 Å². The predicted octanol–water partition coefficient (Wildman–Crippen LogP) is 4.32. The maximum absolute atomic E-state index is 5.99. The zero-order valence-corrected chi connectivity index (χ0v) is 13.9. The largest absolute Gasteiger partial charge is 0.383 e. The van der Waals surface area contributed by atoms with Gasteiger partial charge in [0, 0.05) is 18.7 Å². The molecule has 1 saturated carbocycles. The van der Waals surface area contributed by atoms with E-state index in [2.05, 4.69) is 17.4 Å². The molecular weight excluding hydrogens is 282 g/mol. The zero-order chi connectivity index (χ0) is 14.9. The molecule has 0 saturated heterocycles.